The van der Waals surface area contributed by atoms with Gasteiger partial charge in [0.25, 0.3) is 5.91 Å². The Morgan fingerprint density at radius 3 is 3.13 bits per heavy atom. The number of hydrogen-bond acceptors (Lipinski definition) is 6. The van der Waals surface area contributed by atoms with Crippen molar-refractivity contribution in [1.82, 2.24) is 15.2 Å². The van der Waals surface area contributed by atoms with Crippen LogP contribution in [0.25, 0.3) is 0 Å². The molecule has 0 bridgehead atoms. The minimum atomic E-state index is -0.308. The van der Waals surface area contributed by atoms with Crippen LogP contribution in [-0.4, -0.2) is 46.2 Å². The fourth-order valence-corrected chi connectivity index (χ4v) is 4.06. The molecule has 3 heterocycles. The highest BCUT2D eigenvalue weighted by Gasteiger charge is 2.46. The number of aryl methyl sites for hydroxylation is 1. The quantitative estimate of drug-likeness (QED) is 0.912. The van der Waals surface area contributed by atoms with E-state index in [0.717, 1.165) is 49.6 Å². The molecule has 4 rings (SSSR count). The van der Waals surface area contributed by atoms with Gasteiger partial charge in [0, 0.05) is 43.9 Å². The first kappa shape index (κ1) is 15.1. The maximum Gasteiger partial charge on any atom is 0.269 e. The third-order valence-electron chi connectivity index (χ3n) is 4.99. The van der Waals surface area contributed by atoms with Crippen molar-refractivity contribution in [1.29, 1.82) is 0 Å². The lowest BCUT2D eigenvalue weighted by Gasteiger charge is -2.26. The molecule has 2 fully saturated rings. The minimum absolute atomic E-state index is 0.0415. The van der Waals surface area contributed by atoms with E-state index in [1.54, 1.807) is 11.3 Å². The molecule has 1 aromatic heterocycles. The third-order valence-corrected chi connectivity index (χ3v) is 5.81. The smallest absolute Gasteiger partial charge is 0.269 e. The van der Waals surface area contributed by atoms with E-state index in [2.05, 4.69) is 25.7 Å². The fraction of sp³-hybridized carbons (Fsp3) is 0.688. The number of oxime groups is 1. The first-order valence-corrected chi connectivity index (χ1v) is 9.19. The topological polar surface area (TPSA) is 66.8 Å². The van der Waals surface area contributed by atoms with Gasteiger partial charge in [-0.1, -0.05) is 5.16 Å². The molecule has 1 saturated heterocycles. The molecule has 6 nitrogen and oxygen atoms in total. The van der Waals surface area contributed by atoms with E-state index >= 15 is 0 Å². The number of likely N-dealkylation sites (tertiary alicyclic amines) is 1. The highest BCUT2D eigenvalue weighted by molar-refractivity contribution is 7.09. The number of nitrogens with zero attached hydrogens (tertiary/aromatic N) is 3. The van der Waals surface area contributed by atoms with E-state index in [4.69, 9.17) is 4.84 Å². The summed E-state index contributed by atoms with van der Waals surface area (Å²) in [6.07, 6.45) is 4.93. The van der Waals surface area contributed by atoms with Crippen LogP contribution < -0.4 is 5.32 Å². The van der Waals surface area contributed by atoms with E-state index in [1.165, 1.54) is 6.42 Å². The first-order valence-electron chi connectivity index (χ1n) is 8.31. The monoisotopic (exact) mass is 334 g/mol. The van der Waals surface area contributed by atoms with Gasteiger partial charge in [0.1, 0.15) is 5.71 Å². The molecule has 1 aromatic rings. The van der Waals surface area contributed by atoms with Gasteiger partial charge in [0.15, 0.2) is 5.60 Å². The first-order chi connectivity index (χ1) is 11.1. The maximum absolute atomic E-state index is 12.2. The van der Waals surface area contributed by atoms with Gasteiger partial charge in [-0.25, -0.2) is 4.98 Å². The molecule has 1 aliphatic carbocycles. The number of rotatable bonds is 4. The summed E-state index contributed by atoms with van der Waals surface area (Å²) in [5.74, 6) is -0.0415. The lowest BCUT2D eigenvalue weighted by atomic mass is 9.92. The van der Waals surface area contributed by atoms with E-state index in [0.29, 0.717) is 18.2 Å². The van der Waals surface area contributed by atoms with Crippen LogP contribution in [0.2, 0.25) is 0 Å². The second kappa shape index (κ2) is 5.87. The SMILES string of the molecule is Cc1nc(CN2CCC3(CC(C(=O)NC4CCC4)=NO3)C2)cs1. The second-order valence-corrected chi connectivity index (χ2v) is 7.97. The van der Waals surface area contributed by atoms with Gasteiger partial charge in [-0.3, -0.25) is 9.69 Å². The summed E-state index contributed by atoms with van der Waals surface area (Å²) in [7, 11) is 0. The van der Waals surface area contributed by atoms with Crippen LogP contribution in [0.15, 0.2) is 10.5 Å². The molecule has 1 saturated carbocycles. The standard InChI is InChI=1S/C16H22N4O2S/c1-11-17-13(9-23-11)8-20-6-5-16(10-20)7-14(19-22-16)15(21)18-12-3-2-4-12/h9,12H,2-8,10H2,1H3,(H,18,21). The zero-order valence-electron chi connectivity index (χ0n) is 13.4. The molecule has 1 N–H and O–H groups in total. The van der Waals surface area contributed by atoms with Crippen LogP contribution in [0.4, 0.5) is 0 Å². The van der Waals surface area contributed by atoms with Crippen molar-refractivity contribution in [2.75, 3.05) is 13.1 Å². The van der Waals surface area contributed by atoms with Crippen molar-refractivity contribution >= 4 is 23.0 Å². The van der Waals surface area contributed by atoms with Crippen LogP contribution in [0.1, 0.15) is 42.8 Å². The van der Waals surface area contributed by atoms with Crippen LogP contribution in [0.3, 0.4) is 0 Å². The molecular weight excluding hydrogens is 312 g/mol. The van der Waals surface area contributed by atoms with Crippen LogP contribution in [-0.2, 0) is 16.2 Å². The zero-order chi connectivity index (χ0) is 15.9. The van der Waals surface area contributed by atoms with Crippen LogP contribution >= 0.6 is 11.3 Å². The van der Waals surface area contributed by atoms with Gasteiger partial charge in [0.2, 0.25) is 0 Å². The fourth-order valence-electron chi connectivity index (χ4n) is 3.46. The Hall–Kier alpha value is -1.47. The number of carbonyl (C=O) groups excluding carboxylic acids is 1. The van der Waals surface area contributed by atoms with Gasteiger partial charge in [-0.05, 0) is 26.2 Å². The van der Waals surface area contributed by atoms with Crippen LogP contribution in [0, 0.1) is 6.92 Å². The summed E-state index contributed by atoms with van der Waals surface area (Å²) >= 11 is 1.68. The van der Waals surface area contributed by atoms with Gasteiger partial charge >= 0.3 is 0 Å². The van der Waals surface area contributed by atoms with Gasteiger partial charge in [0.05, 0.1) is 10.7 Å². The van der Waals surface area contributed by atoms with E-state index < -0.39 is 0 Å². The summed E-state index contributed by atoms with van der Waals surface area (Å²) in [6.45, 7) is 4.65. The number of thiazole rings is 1. The molecule has 1 amide bonds. The summed E-state index contributed by atoms with van der Waals surface area (Å²) < 4.78 is 0. The number of aromatic nitrogens is 1. The number of carbonyl (C=O) groups is 1. The average molecular weight is 334 g/mol. The van der Waals surface area contributed by atoms with Gasteiger partial charge in [-0.15, -0.1) is 11.3 Å². The Kier molecular flexibility index (Phi) is 3.85. The highest BCUT2D eigenvalue weighted by Crippen LogP contribution is 2.34. The van der Waals surface area contributed by atoms with E-state index in [-0.39, 0.29) is 11.5 Å². The maximum atomic E-state index is 12.2. The molecule has 2 aliphatic heterocycles. The van der Waals surface area contributed by atoms with E-state index in [1.807, 2.05) is 6.92 Å². The van der Waals surface area contributed by atoms with Crippen molar-refractivity contribution in [2.24, 2.45) is 5.16 Å². The molecule has 7 heteroatoms. The lowest BCUT2D eigenvalue weighted by molar-refractivity contribution is -0.116. The normalized spacial score (nSPS) is 27.8. The van der Waals surface area contributed by atoms with Crippen molar-refractivity contribution in [2.45, 2.75) is 57.2 Å². The average Bonchev–Trinajstić information content (AvgIpc) is 3.18. The predicted molar refractivity (Wildman–Crippen MR) is 88.4 cm³/mol. The third kappa shape index (κ3) is 3.12. The Morgan fingerprint density at radius 2 is 2.43 bits per heavy atom. The molecule has 23 heavy (non-hydrogen) atoms. The number of nitrogens with one attached hydrogen (secondary N) is 1. The van der Waals surface area contributed by atoms with Crippen molar-refractivity contribution in [3.8, 4) is 0 Å². The van der Waals surface area contributed by atoms with Crippen molar-refractivity contribution in [3.63, 3.8) is 0 Å². The summed E-state index contributed by atoms with van der Waals surface area (Å²) in [5.41, 5.74) is 1.37. The van der Waals surface area contributed by atoms with Gasteiger partial charge < -0.3 is 10.2 Å². The minimum Gasteiger partial charge on any atom is -0.387 e. The summed E-state index contributed by atoms with van der Waals surface area (Å²) in [5, 5.41) is 10.4. The van der Waals surface area contributed by atoms with Gasteiger partial charge in [-0.2, -0.15) is 0 Å². The molecule has 0 radical (unpaired) electrons. The summed E-state index contributed by atoms with van der Waals surface area (Å²) in [6, 6.07) is 0.342. The Morgan fingerprint density at radius 1 is 1.57 bits per heavy atom. The number of hydrogen-bond donors (Lipinski definition) is 1. The van der Waals surface area contributed by atoms with E-state index in [9.17, 15) is 4.79 Å². The second-order valence-electron chi connectivity index (χ2n) is 6.91. The lowest BCUT2D eigenvalue weighted by Crippen LogP contribution is -2.43. The highest BCUT2D eigenvalue weighted by atomic mass is 32.1. The Labute approximate surface area is 139 Å². The molecular formula is C16H22N4O2S. The molecule has 3 aliphatic rings. The Balaban J connectivity index is 1.31. The molecule has 1 spiro atoms. The largest absolute Gasteiger partial charge is 0.387 e. The molecule has 1 unspecified atom stereocenters. The molecule has 1 atom stereocenters. The van der Waals surface area contributed by atoms with Crippen molar-refractivity contribution < 1.29 is 9.63 Å². The Bertz CT molecular complexity index is 640. The number of amides is 1. The summed E-state index contributed by atoms with van der Waals surface area (Å²) in [4.78, 5) is 24.8. The van der Waals surface area contributed by atoms with Crippen molar-refractivity contribution in [3.05, 3.63) is 16.1 Å². The molecule has 124 valence electrons. The zero-order valence-corrected chi connectivity index (χ0v) is 14.2. The molecule has 0 aromatic carbocycles. The predicted octanol–water partition coefficient (Wildman–Crippen LogP) is 1.84. The van der Waals surface area contributed by atoms with Crippen LogP contribution in [0.5, 0.6) is 0 Å².